The van der Waals surface area contributed by atoms with Crippen LogP contribution >= 0.6 is 0 Å². The zero-order valence-corrected chi connectivity index (χ0v) is 39.2. The Kier molecular flexibility index (Phi) is 13.5. The monoisotopic (exact) mass is 902 g/mol. The summed E-state index contributed by atoms with van der Waals surface area (Å²) in [5.74, 6) is -0.710. The molecule has 0 bridgehead atoms. The molecule has 0 aromatic heterocycles. The Labute approximate surface area is 378 Å². The number of aliphatic hydroxyl groups is 2. The average molecular weight is 902 g/mol. The molecule has 3 saturated heterocycles. The lowest BCUT2D eigenvalue weighted by Crippen LogP contribution is -2.67. The normalized spacial score (nSPS) is 48.7. The second-order valence-corrected chi connectivity index (χ2v) is 21.7. The number of carbonyl (C=O) groups excluding carboxylic acids is 3. The third-order valence-electron chi connectivity index (χ3n) is 18.0. The summed E-state index contributed by atoms with van der Waals surface area (Å²) in [6.45, 7) is 15.0. The molecule has 0 radical (unpaired) electrons. The minimum Gasteiger partial charge on any atom is -0.459 e. The maximum Gasteiger partial charge on any atom is 0.331 e. The number of hydrogen-bond acceptors (Lipinski definition) is 15. The van der Waals surface area contributed by atoms with E-state index in [-0.39, 0.29) is 60.8 Å². The SMILES string of the molecule is CC(=O)O[C@H]1C[C@H](O[C@H]2[C@@H](OC(C)=O)C[C@H](O[C@H]3CC[C@@]4(C)[C@H](CC[C@@H]5[C@@H]4C[C@@H](O)[C@]4(C)[C@@H](C6=CC(=O)OC6)CC[C@]54O)C3)O[C@@H]2C)O[C@H](C)[C@H]1OC1CCN(C2CCC2)CC(C)O1. The van der Waals surface area contributed by atoms with Gasteiger partial charge in [0.1, 0.15) is 31.0 Å². The van der Waals surface area contributed by atoms with E-state index in [1.54, 1.807) is 6.08 Å². The molecule has 5 saturated carbocycles. The maximum absolute atomic E-state index is 12.7. The number of rotatable bonds is 10. The molecule has 0 amide bonds. The van der Waals surface area contributed by atoms with Crippen molar-refractivity contribution in [2.24, 2.45) is 34.5 Å². The minimum absolute atomic E-state index is 0.000849. The van der Waals surface area contributed by atoms with Crippen LogP contribution in [0, 0.1) is 34.5 Å². The van der Waals surface area contributed by atoms with Crippen LogP contribution in [0.2, 0.25) is 0 Å². The van der Waals surface area contributed by atoms with Gasteiger partial charge in [-0.3, -0.25) is 14.5 Å². The van der Waals surface area contributed by atoms with Crippen LogP contribution in [-0.4, -0.2) is 138 Å². The molecule has 4 heterocycles. The highest BCUT2D eigenvalue weighted by molar-refractivity contribution is 5.85. The summed E-state index contributed by atoms with van der Waals surface area (Å²) in [6, 6.07) is 0.612. The number of ether oxygens (including phenoxy) is 9. The molecule has 15 nitrogen and oxygen atoms in total. The van der Waals surface area contributed by atoms with Crippen LogP contribution in [0.4, 0.5) is 0 Å². The Bertz CT molecular complexity index is 1760. The molecule has 4 aliphatic heterocycles. The van der Waals surface area contributed by atoms with Crippen LogP contribution in [-0.2, 0) is 57.0 Å². The van der Waals surface area contributed by atoms with Gasteiger partial charge in [-0.15, -0.1) is 0 Å². The van der Waals surface area contributed by atoms with Gasteiger partial charge in [0.2, 0.25) is 0 Å². The number of esters is 3. The molecule has 9 aliphatic rings. The highest BCUT2D eigenvalue weighted by atomic mass is 16.7. The van der Waals surface area contributed by atoms with Crippen LogP contribution in [0.3, 0.4) is 0 Å². The first-order chi connectivity index (χ1) is 30.4. The van der Waals surface area contributed by atoms with E-state index in [0.29, 0.717) is 31.2 Å². The predicted octanol–water partition coefficient (Wildman–Crippen LogP) is 5.49. The molecule has 5 aliphatic carbocycles. The Morgan fingerprint density at radius 1 is 0.766 bits per heavy atom. The molecule has 64 heavy (non-hydrogen) atoms. The highest BCUT2D eigenvalue weighted by Gasteiger charge is 2.71. The van der Waals surface area contributed by atoms with Gasteiger partial charge in [-0.25, -0.2) is 4.79 Å². The van der Waals surface area contributed by atoms with Gasteiger partial charge in [0, 0.05) is 63.7 Å². The van der Waals surface area contributed by atoms with Gasteiger partial charge in [-0.2, -0.15) is 0 Å². The summed E-state index contributed by atoms with van der Waals surface area (Å²) < 4.78 is 56.3. The molecule has 19 atom stereocenters. The van der Waals surface area contributed by atoms with Gasteiger partial charge in [0.25, 0.3) is 0 Å². The molecular formula is C49H75NO14. The predicted molar refractivity (Wildman–Crippen MR) is 229 cm³/mol. The second kappa shape index (κ2) is 18.4. The largest absolute Gasteiger partial charge is 0.459 e. The van der Waals surface area contributed by atoms with E-state index in [4.69, 9.17) is 42.6 Å². The summed E-state index contributed by atoms with van der Waals surface area (Å²) in [7, 11) is 0. The Morgan fingerprint density at radius 2 is 1.42 bits per heavy atom. The fraction of sp³-hybridized carbons (Fsp3) is 0.898. The fourth-order valence-corrected chi connectivity index (χ4v) is 14.5. The lowest BCUT2D eigenvalue weighted by Gasteiger charge is -2.65. The van der Waals surface area contributed by atoms with Crippen molar-refractivity contribution in [2.75, 3.05) is 19.7 Å². The van der Waals surface area contributed by atoms with Crippen LogP contribution in [0.1, 0.15) is 138 Å². The number of carbonyl (C=O) groups is 3. The molecule has 2 N–H and O–H groups in total. The van der Waals surface area contributed by atoms with E-state index in [1.165, 1.54) is 33.1 Å². The molecule has 2 unspecified atom stereocenters. The molecule has 0 aromatic carbocycles. The van der Waals surface area contributed by atoms with Gasteiger partial charge in [-0.1, -0.05) is 20.3 Å². The van der Waals surface area contributed by atoms with Crippen molar-refractivity contribution in [2.45, 2.75) is 224 Å². The summed E-state index contributed by atoms with van der Waals surface area (Å²) in [6.07, 6.45) is 6.61. The fourth-order valence-electron chi connectivity index (χ4n) is 14.5. The number of cyclic esters (lactones) is 1. The molecule has 360 valence electrons. The Hall–Kier alpha value is -2.21. The van der Waals surface area contributed by atoms with E-state index in [9.17, 15) is 24.6 Å². The maximum atomic E-state index is 12.7. The molecule has 8 fully saturated rings. The Balaban J connectivity index is 0.814. The van der Waals surface area contributed by atoms with Crippen molar-refractivity contribution in [3.05, 3.63) is 11.6 Å². The van der Waals surface area contributed by atoms with Crippen molar-refractivity contribution in [3.8, 4) is 0 Å². The van der Waals surface area contributed by atoms with Crippen LogP contribution in [0.5, 0.6) is 0 Å². The van der Waals surface area contributed by atoms with Crippen LogP contribution < -0.4 is 0 Å². The first-order valence-corrected chi connectivity index (χ1v) is 24.7. The molecule has 9 rings (SSSR count). The quantitative estimate of drug-likeness (QED) is 0.160. The number of fused-ring (bicyclic) bond motifs is 5. The first-order valence-electron chi connectivity index (χ1n) is 24.7. The van der Waals surface area contributed by atoms with E-state index in [2.05, 4.69) is 18.7 Å². The van der Waals surface area contributed by atoms with Gasteiger partial charge >= 0.3 is 17.9 Å². The first kappa shape index (κ1) is 46.9. The smallest absolute Gasteiger partial charge is 0.331 e. The van der Waals surface area contributed by atoms with E-state index >= 15 is 0 Å². The van der Waals surface area contributed by atoms with E-state index < -0.39 is 84.6 Å². The lowest BCUT2D eigenvalue weighted by molar-refractivity contribution is -0.330. The van der Waals surface area contributed by atoms with Gasteiger partial charge in [0.15, 0.2) is 18.9 Å². The second-order valence-electron chi connectivity index (χ2n) is 21.7. The van der Waals surface area contributed by atoms with Crippen molar-refractivity contribution in [3.63, 3.8) is 0 Å². The van der Waals surface area contributed by atoms with Crippen molar-refractivity contribution in [1.29, 1.82) is 0 Å². The third kappa shape index (κ3) is 8.74. The number of nitrogens with zero attached hydrogens (tertiary/aromatic N) is 1. The van der Waals surface area contributed by atoms with Gasteiger partial charge < -0.3 is 52.8 Å². The standard InChI is InChI=1S/C49H75NO14/c1-26-24-50(33-9-8-10-33)18-15-42(57-26)63-45-27(2)59-44(23-39(45)61-30(5)52)64-46-28(3)58-43(22-38(46)60-29(4)51)62-34-13-16-47(6)32(20-34)11-12-36-37(47)21-40(53)48(7)35(14-17-49(36,48)55)31-19-41(54)56-25-31/h19,26-28,32-40,42-46,53,55H,8-18,20-25H2,1-7H3/t26?,27-,28-,32-,34+,35-,36-,37+,38+,39+,40-,42?,43+,44+,45-,46-,47+,48+,49+/m1/s1. The average Bonchev–Trinajstić information content (AvgIpc) is 3.69. The van der Waals surface area contributed by atoms with Crippen LogP contribution in [0.25, 0.3) is 0 Å². The number of hydrogen-bond donors (Lipinski definition) is 2. The third-order valence-corrected chi connectivity index (χ3v) is 18.0. The zero-order chi connectivity index (χ0) is 45.3. The molecule has 15 heteroatoms. The molecule has 0 aromatic rings. The van der Waals surface area contributed by atoms with Crippen molar-refractivity contribution in [1.82, 2.24) is 4.90 Å². The lowest BCUT2D eigenvalue weighted by atomic mass is 9.42. The summed E-state index contributed by atoms with van der Waals surface area (Å²) in [5.41, 5.74) is -0.940. The van der Waals surface area contributed by atoms with Crippen molar-refractivity contribution >= 4 is 17.9 Å². The summed E-state index contributed by atoms with van der Waals surface area (Å²) in [5, 5.41) is 24.7. The topological polar surface area (TPSA) is 178 Å². The van der Waals surface area contributed by atoms with Crippen molar-refractivity contribution < 1.29 is 67.2 Å². The number of aliphatic hydroxyl groups excluding tert-OH is 1. The summed E-state index contributed by atoms with van der Waals surface area (Å²) in [4.78, 5) is 39.5. The van der Waals surface area contributed by atoms with Gasteiger partial charge in [-0.05, 0) is 120 Å². The van der Waals surface area contributed by atoms with Gasteiger partial charge in [0.05, 0.1) is 36.1 Å². The van der Waals surface area contributed by atoms with E-state index in [0.717, 1.165) is 57.2 Å². The molecule has 0 spiro atoms. The minimum atomic E-state index is -1.03. The highest BCUT2D eigenvalue weighted by Crippen LogP contribution is 2.70. The molecular weight excluding hydrogens is 827 g/mol. The summed E-state index contributed by atoms with van der Waals surface area (Å²) >= 11 is 0. The van der Waals surface area contributed by atoms with E-state index in [1.807, 2.05) is 20.8 Å². The Morgan fingerprint density at radius 3 is 2.03 bits per heavy atom. The zero-order valence-electron chi connectivity index (χ0n) is 39.2. The van der Waals surface area contributed by atoms with Crippen LogP contribution in [0.15, 0.2) is 11.6 Å².